The number of carbonyl (C=O) groups excluding carboxylic acids is 1. The molecule has 2 heterocycles. The van der Waals surface area contributed by atoms with Crippen molar-refractivity contribution < 1.29 is 13.6 Å². The van der Waals surface area contributed by atoms with Crippen LogP contribution >= 0.6 is 0 Å². The van der Waals surface area contributed by atoms with E-state index in [0.717, 1.165) is 23.0 Å². The van der Waals surface area contributed by atoms with Crippen molar-refractivity contribution in [3.63, 3.8) is 0 Å². The number of hydrogen-bond acceptors (Lipinski definition) is 2. The molecule has 3 nitrogen and oxygen atoms in total. The summed E-state index contributed by atoms with van der Waals surface area (Å²) in [6, 6.07) is 11.4. The smallest absolute Gasteiger partial charge is 0.232 e. The third-order valence-electron chi connectivity index (χ3n) is 4.66. The second-order valence-electron chi connectivity index (χ2n) is 6.93. The van der Waals surface area contributed by atoms with Gasteiger partial charge in [0.05, 0.1) is 23.1 Å². The summed E-state index contributed by atoms with van der Waals surface area (Å²) in [4.78, 5) is 18.4. The Morgan fingerprint density at radius 3 is 2.60 bits per heavy atom. The molecule has 0 N–H and O–H groups in total. The fourth-order valence-electron chi connectivity index (χ4n) is 3.53. The molecule has 0 saturated carbocycles. The van der Waals surface area contributed by atoms with Crippen LogP contribution in [0.4, 0.5) is 20.2 Å². The largest absolute Gasteiger partial charge is 0.276 e. The van der Waals surface area contributed by atoms with Gasteiger partial charge in [-0.2, -0.15) is 0 Å². The highest BCUT2D eigenvalue weighted by Gasteiger charge is 2.41. The summed E-state index contributed by atoms with van der Waals surface area (Å²) in [5.74, 6) is -1.41. The molecule has 25 heavy (non-hydrogen) atoms. The molecule has 2 aromatic carbocycles. The second kappa shape index (κ2) is 5.34. The number of fused-ring (bicyclic) bond motifs is 2. The summed E-state index contributed by atoms with van der Waals surface area (Å²) in [5, 5.41) is 0.830. The van der Waals surface area contributed by atoms with Crippen LogP contribution in [0.3, 0.4) is 0 Å². The first-order chi connectivity index (χ1) is 11.9. The zero-order chi connectivity index (χ0) is 17.8. The molecule has 5 heteroatoms. The SMILES string of the molecule is CC1(C)CC(=O)N(c2cnc3ccccc3c2)c2c(F)ccc(F)c21. The van der Waals surface area contributed by atoms with Gasteiger partial charge in [-0.15, -0.1) is 0 Å². The van der Waals surface area contributed by atoms with Crippen molar-refractivity contribution in [3.8, 4) is 0 Å². The lowest BCUT2D eigenvalue weighted by atomic mass is 9.76. The third-order valence-corrected chi connectivity index (χ3v) is 4.66. The summed E-state index contributed by atoms with van der Waals surface area (Å²) in [6.45, 7) is 3.50. The van der Waals surface area contributed by atoms with Crippen LogP contribution in [0.2, 0.25) is 0 Å². The van der Waals surface area contributed by atoms with E-state index < -0.39 is 17.0 Å². The van der Waals surface area contributed by atoms with Crippen LogP contribution in [0.25, 0.3) is 10.9 Å². The Bertz CT molecular complexity index is 1010. The third kappa shape index (κ3) is 2.38. The number of benzene rings is 2. The fourth-order valence-corrected chi connectivity index (χ4v) is 3.53. The molecule has 1 aliphatic rings. The van der Waals surface area contributed by atoms with Gasteiger partial charge in [0.25, 0.3) is 0 Å². The van der Waals surface area contributed by atoms with E-state index >= 15 is 0 Å². The molecule has 0 unspecified atom stereocenters. The second-order valence-corrected chi connectivity index (χ2v) is 6.93. The number of aromatic nitrogens is 1. The standard InChI is InChI=1S/C20H16F2N2O/c1-20(2)10-17(25)24(19-15(22)8-7-14(21)18(19)20)13-9-12-5-3-4-6-16(12)23-11-13/h3-9,11H,10H2,1-2H3. The van der Waals surface area contributed by atoms with Crippen LogP contribution < -0.4 is 4.90 Å². The lowest BCUT2D eigenvalue weighted by Gasteiger charge is -2.38. The van der Waals surface area contributed by atoms with Crippen LogP contribution in [0.15, 0.2) is 48.7 Å². The van der Waals surface area contributed by atoms with Gasteiger partial charge in [0.15, 0.2) is 0 Å². The fraction of sp³-hybridized carbons (Fsp3) is 0.200. The first-order valence-electron chi connectivity index (χ1n) is 8.05. The van der Waals surface area contributed by atoms with Gasteiger partial charge in [-0.05, 0) is 24.3 Å². The molecular weight excluding hydrogens is 322 g/mol. The van der Waals surface area contributed by atoms with E-state index in [1.54, 1.807) is 19.9 Å². The van der Waals surface area contributed by atoms with Crippen LogP contribution in [0.1, 0.15) is 25.8 Å². The van der Waals surface area contributed by atoms with Crippen molar-refractivity contribution in [2.45, 2.75) is 25.7 Å². The summed E-state index contributed by atoms with van der Waals surface area (Å²) >= 11 is 0. The molecule has 3 aromatic rings. The van der Waals surface area contributed by atoms with Gasteiger partial charge in [0.2, 0.25) is 5.91 Å². The molecule has 0 fully saturated rings. The number of amides is 1. The van der Waals surface area contributed by atoms with E-state index in [9.17, 15) is 13.6 Å². The number of hydrogen-bond donors (Lipinski definition) is 0. The number of pyridine rings is 1. The highest BCUT2D eigenvalue weighted by Crippen LogP contribution is 2.46. The minimum atomic E-state index is -0.778. The van der Waals surface area contributed by atoms with Crippen molar-refractivity contribution in [2.24, 2.45) is 0 Å². The van der Waals surface area contributed by atoms with E-state index in [2.05, 4.69) is 4.98 Å². The number of anilines is 2. The predicted octanol–water partition coefficient (Wildman–Crippen LogP) is 4.86. The Balaban J connectivity index is 1.98. The van der Waals surface area contributed by atoms with Gasteiger partial charge in [0, 0.05) is 22.8 Å². The number of halogens is 2. The van der Waals surface area contributed by atoms with E-state index in [1.165, 1.54) is 11.1 Å². The zero-order valence-electron chi connectivity index (χ0n) is 13.9. The first-order valence-corrected chi connectivity index (χ1v) is 8.05. The molecular formula is C20H16F2N2O. The van der Waals surface area contributed by atoms with Gasteiger partial charge in [-0.25, -0.2) is 8.78 Å². The van der Waals surface area contributed by atoms with E-state index in [-0.39, 0.29) is 23.6 Å². The Morgan fingerprint density at radius 1 is 1.08 bits per heavy atom. The van der Waals surface area contributed by atoms with E-state index in [1.807, 2.05) is 24.3 Å². The molecule has 126 valence electrons. The molecule has 0 saturated heterocycles. The molecule has 0 atom stereocenters. The van der Waals surface area contributed by atoms with Gasteiger partial charge in [-0.1, -0.05) is 32.0 Å². The van der Waals surface area contributed by atoms with E-state index in [4.69, 9.17) is 0 Å². The normalized spacial score (nSPS) is 16.2. The molecule has 4 rings (SSSR count). The maximum absolute atomic E-state index is 14.6. The van der Waals surface area contributed by atoms with Crippen molar-refractivity contribution in [2.75, 3.05) is 4.90 Å². The first kappa shape index (κ1) is 15.7. The quantitative estimate of drug-likeness (QED) is 0.635. The molecule has 1 aliphatic heterocycles. The summed E-state index contributed by atoms with van der Waals surface area (Å²) in [5.41, 5.74) is 0.638. The van der Waals surface area contributed by atoms with Crippen LogP contribution in [0.5, 0.6) is 0 Å². The van der Waals surface area contributed by atoms with Gasteiger partial charge < -0.3 is 0 Å². The van der Waals surface area contributed by atoms with Crippen molar-refractivity contribution in [1.29, 1.82) is 0 Å². The van der Waals surface area contributed by atoms with Crippen LogP contribution in [-0.2, 0) is 10.2 Å². The van der Waals surface area contributed by atoms with Crippen LogP contribution in [-0.4, -0.2) is 10.9 Å². The average Bonchev–Trinajstić information content (AvgIpc) is 2.57. The topological polar surface area (TPSA) is 33.2 Å². The Morgan fingerprint density at radius 2 is 1.80 bits per heavy atom. The summed E-state index contributed by atoms with van der Waals surface area (Å²) in [6.07, 6.45) is 1.61. The molecule has 0 radical (unpaired) electrons. The minimum Gasteiger partial charge on any atom is -0.276 e. The average molecular weight is 338 g/mol. The molecule has 0 bridgehead atoms. The molecule has 1 aromatic heterocycles. The molecule has 0 spiro atoms. The van der Waals surface area contributed by atoms with Crippen molar-refractivity contribution in [3.05, 3.63) is 65.9 Å². The highest BCUT2D eigenvalue weighted by atomic mass is 19.1. The van der Waals surface area contributed by atoms with Gasteiger partial charge >= 0.3 is 0 Å². The summed E-state index contributed by atoms with van der Waals surface area (Å²) in [7, 11) is 0. The minimum absolute atomic E-state index is 0.0154. The Hall–Kier alpha value is -2.82. The number of rotatable bonds is 1. The van der Waals surface area contributed by atoms with Crippen molar-refractivity contribution in [1.82, 2.24) is 4.98 Å². The van der Waals surface area contributed by atoms with Gasteiger partial charge in [-0.3, -0.25) is 14.7 Å². The van der Waals surface area contributed by atoms with Crippen molar-refractivity contribution >= 4 is 28.2 Å². The maximum atomic E-state index is 14.6. The Labute approximate surface area is 143 Å². The molecule has 1 amide bonds. The monoisotopic (exact) mass is 338 g/mol. The molecule has 0 aliphatic carbocycles. The van der Waals surface area contributed by atoms with E-state index in [0.29, 0.717) is 5.69 Å². The maximum Gasteiger partial charge on any atom is 0.232 e. The lowest BCUT2D eigenvalue weighted by molar-refractivity contribution is -0.119. The van der Waals surface area contributed by atoms with Gasteiger partial charge in [0.1, 0.15) is 11.6 Å². The number of nitrogens with zero attached hydrogens (tertiary/aromatic N) is 2. The highest BCUT2D eigenvalue weighted by molar-refractivity contribution is 6.05. The Kier molecular flexibility index (Phi) is 3.35. The number of para-hydroxylation sites is 1. The lowest BCUT2D eigenvalue weighted by Crippen LogP contribution is -2.40. The van der Waals surface area contributed by atoms with Crippen LogP contribution in [0, 0.1) is 11.6 Å². The predicted molar refractivity (Wildman–Crippen MR) is 92.9 cm³/mol. The number of carbonyl (C=O) groups is 1. The summed E-state index contributed by atoms with van der Waals surface area (Å²) < 4.78 is 29.1. The zero-order valence-corrected chi connectivity index (χ0v) is 13.9.